The van der Waals surface area contributed by atoms with Crippen LogP contribution in [-0.4, -0.2) is 76.1 Å². The van der Waals surface area contributed by atoms with Gasteiger partial charge in [-0.1, -0.05) is 6.42 Å². The minimum absolute atomic E-state index is 0.0651. The molecule has 0 bridgehead atoms. The summed E-state index contributed by atoms with van der Waals surface area (Å²) in [5.74, 6) is -2.29. The molecular formula is C19H25F3N4O4. The van der Waals surface area contributed by atoms with Gasteiger partial charge in [0.15, 0.2) is 0 Å². The maximum Gasteiger partial charge on any atom is 0.490 e. The highest BCUT2D eigenvalue weighted by Gasteiger charge is 2.42. The molecule has 0 radical (unpaired) electrons. The Morgan fingerprint density at radius 1 is 1.17 bits per heavy atom. The molecule has 0 unspecified atom stereocenters. The standard InChI is InChI=1S/C17H24N4O2.C2HF3O2/c22-17(12-6-7-18-19-9-12)20-15-11-21(14-4-1-5-14)10-13-3-2-8-23-16(13)15;3-2(4,5)1(6)7/h6-7,9,13-16H,1-5,8,10-11H2,(H,20,22);(H,6,7)/t13-,15+,16-;/m0./s1. The number of nitrogens with zero attached hydrogens (tertiary/aromatic N) is 3. The zero-order valence-electron chi connectivity index (χ0n) is 16.3. The third-order valence-corrected chi connectivity index (χ3v) is 5.79. The van der Waals surface area contributed by atoms with Crippen molar-refractivity contribution >= 4 is 11.9 Å². The second kappa shape index (κ2) is 9.69. The number of carbonyl (C=O) groups is 2. The first-order chi connectivity index (χ1) is 14.3. The molecule has 11 heteroatoms. The maximum atomic E-state index is 12.5. The van der Waals surface area contributed by atoms with Gasteiger partial charge in [0, 0.05) is 25.7 Å². The highest BCUT2D eigenvalue weighted by molar-refractivity contribution is 5.94. The lowest BCUT2D eigenvalue weighted by Crippen LogP contribution is -2.63. The average Bonchev–Trinajstić information content (AvgIpc) is 2.67. The molecule has 1 aliphatic carbocycles. The van der Waals surface area contributed by atoms with Gasteiger partial charge in [0.2, 0.25) is 0 Å². The van der Waals surface area contributed by atoms with Gasteiger partial charge < -0.3 is 15.2 Å². The molecule has 166 valence electrons. The number of rotatable bonds is 3. The van der Waals surface area contributed by atoms with Gasteiger partial charge in [-0.05, 0) is 37.7 Å². The van der Waals surface area contributed by atoms with Crippen molar-refractivity contribution < 1.29 is 32.6 Å². The van der Waals surface area contributed by atoms with E-state index < -0.39 is 12.1 Å². The lowest BCUT2D eigenvalue weighted by atomic mass is 9.82. The number of ether oxygens (including phenoxy) is 1. The fourth-order valence-corrected chi connectivity index (χ4v) is 4.09. The molecule has 1 aromatic rings. The normalized spacial score (nSPS) is 27.1. The fourth-order valence-electron chi connectivity index (χ4n) is 4.09. The molecule has 1 amide bonds. The monoisotopic (exact) mass is 430 g/mol. The van der Waals surface area contributed by atoms with E-state index in [9.17, 15) is 18.0 Å². The van der Waals surface area contributed by atoms with Crippen LogP contribution < -0.4 is 5.32 Å². The summed E-state index contributed by atoms with van der Waals surface area (Å²) in [6.07, 6.45) is 4.41. The Labute approximate surface area is 171 Å². The van der Waals surface area contributed by atoms with Crippen molar-refractivity contribution in [3.8, 4) is 0 Å². The zero-order valence-corrected chi connectivity index (χ0v) is 16.3. The Hall–Kier alpha value is -2.27. The largest absolute Gasteiger partial charge is 0.490 e. The molecule has 0 aromatic carbocycles. The molecule has 4 rings (SSSR count). The van der Waals surface area contributed by atoms with Crippen LogP contribution in [0.2, 0.25) is 0 Å². The van der Waals surface area contributed by atoms with Crippen molar-refractivity contribution in [2.45, 2.75) is 56.5 Å². The van der Waals surface area contributed by atoms with E-state index in [0.29, 0.717) is 17.5 Å². The summed E-state index contributed by atoms with van der Waals surface area (Å²) in [6, 6.07) is 2.48. The van der Waals surface area contributed by atoms with Crippen LogP contribution in [0.15, 0.2) is 18.5 Å². The summed E-state index contributed by atoms with van der Waals surface area (Å²) in [7, 11) is 0. The number of piperidine rings is 1. The Kier molecular flexibility index (Phi) is 7.24. The highest BCUT2D eigenvalue weighted by atomic mass is 19.4. The van der Waals surface area contributed by atoms with Crippen LogP contribution in [0.1, 0.15) is 42.5 Å². The van der Waals surface area contributed by atoms with Gasteiger partial charge in [-0.25, -0.2) is 4.79 Å². The number of nitrogens with one attached hydrogen (secondary N) is 1. The van der Waals surface area contributed by atoms with Gasteiger partial charge in [0.1, 0.15) is 0 Å². The number of aromatic nitrogens is 2. The fraction of sp³-hybridized carbons (Fsp3) is 0.684. The number of amides is 1. The molecular weight excluding hydrogens is 405 g/mol. The number of carboxylic acid groups (broad SMARTS) is 1. The first kappa shape index (κ1) is 22.4. The lowest BCUT2D eigenvalue weighted by molar-refractivity contribution is -0.192. The molecule has 30 heavy (non-hydrogen) atoms. The topological polar surface area (TPSA) is 105 Å². The summed E-state index contributed by atoms with van der Waals surface area (Å²) < 4.78 is 37.8. The number of carbonyl (C=O) groups excluding carboxylic acids is 1. The Balaban J connectivity index is 0.000000318. The van der Waals surface area contributed by atoms with Crippen LogP contribution in [0.25, 0.3) is 0 Å². The predicted octanol–water partition coefficient (Wildman–Crippen LogP) is 1.87. The van der Waals surface area contributed by atoms with E-state index in [1.807, 2.05) is 0 Å². The Morgan fingerprint density at radius 2 is 1.90 bits per heavy atom. The van der Waals surface area contributed by atoms with Crippen molar-refractivity contribution in [3.05, 3.63) is 24.0 Å². The summed E-state index contributed by atoms with van der Waals surface area (Å²) in [6.45, 7) is 2.84. The van der Waals surface area contributed by atoms with E-state index >= 15 is 0 Å². The molecule has 1 aromatic heterocycles. The number of alkyl halides is 3. The Morgan fingerprint density at radius 3 is 2.47 bits per heavy atom. The van der Waals surface area contributed by atoms with Gasteiger partial charge in [-0.3, -0.25) is 9.69 Å². The average molecular weight is 430 g/mol. The van der Waals surface area contributed by atoms with E-state index in [1.54, 1.807) is 12.3 Å². The molecule has 2 N–H and O–H groups in total. The van der Waals surface area contributed by atoms with Gasteiger partial charge in [0.25, 0.3) is 5.91 Å². The number of hydrogen-bond acceptors (Lipinski definition) is 6. The maximum absolute atomic E-state index is 12.5. The lowest BCUT2D eigenvalue weighted by Gasteiger charge is -2.50. The van der Waals surface area contributed by atoms with Crippen molar-refractivity contribution in [1.82, 2.24) is 20.4 Å². The van der Waals surface area contributed by atoms with Gasteiger partial charge in [0.05, 0.1) is 30.1 Å². The van der Waals surface area contributed by atoms with Crippen molar-refractivity contribution in [2.24, 2.45) is 5.92 Å². The molecule has 3 fully saturated rings. The smallest absolute Gasteiger partial charge is 0.475 e. The number of likely N-dealkylation sites (tertiary alicyclic amines) is 1. The second-order valence-electron chi connectivity index (χ2n) is 7.79. The molecule has 8 nitrogen and oxygen atoms in total. The minimum Gasteiger partial charge on any atom is -0.475 e. The van der Waals surface area contributed by atoms with Crippen LogP contribution in [0, 0.1) is 5.92 Å². The highest BCUT2D eigenvalue weighted by Crippen LogP contribution is 2.34. The number of hydrogen-bond donors (Lipinski definition) is 2. The first-order valence-electron chi connectivity index (χ1n) is 9.99. The molecule has 3 atom stereocenters. The third-order valence-electron chi connectivity index (χ3n) is 5.79. The van der Waals surface area contributed by atoms with E-state index in [1.165, 1.54) is 31.9 Å². The molecule has 3 heterocycles. The number of carboxylic acids is 1. The van der Waals surface area contributed by atoms with Crippen molar-refractivity contribution in [3.63, 3.8) is 0 Å². The molecule has 2 saturated heterocycles. The minimum atomic E-state index is -5.08. The Bertz CT molecular complexity index is 730. The van der Waals surface area contributed by atoms with E-state index in [-0.39, 0.29) is 18.1 Å². The van der Waals surface area contributed by atoms with Crippen molar-refractivity contribution in [1.29, 1.82) is 0 Å². The first-order valence-corrected chi connectivity index (χ1v) is 9.99. The van der Waals surface area contributed by atoms with Gasteiger partial charge in [-0.2, -0.15) is 23.4 Å². The van der Waals surface area contributed by atoms with E-state index in [0.717, 1.165) is 26.1 Å². The summed E-state index contributed by atoms with van der Waals surface area (Å²) in [5, 5.41) is 17.8. The van der Waals surface area contributed by atoms with Gasteiger partial charge in [-0.15, -0.1) is 0 Å². The predicted molar refractivity (Wildman–Crippen MR) is 98.7 cm³/mol. The van der Waals surface area contributed by atoms with Crippen LogP contribution in [0.5, 0.6) is 0 Å². The summed E-state index contributed by atoms with van der Waals surface area (Å²) >= 11 is 0. The molecule has 2 aliphatic heterocycles. The van der Waals surface area contributed by atoms with Crippen LogP contribution in [0.4, 0.5) is 13.2 Å². The van der Waals surface area contributed by atoms with Crippen molar-refractivity contribution in [2.75, 3.05) is 19.7 Å². The van der Waals surface area contributed by atoms with E-state index in [2.05, 4.69) is 20.4 Å². The summed E-state index contributed by atoms with van der Waals surface area (Å²) in [4.78, 5) is 24.0. The molecule has 1 saturated carbocycles. The quantitative estimate of drug-likeness (QED) is 0.754. The molecule has 0 spiro atoms. The number of aliphatic carboxylic acids is 1. The van der Waals surface area contributed by atoms with E-state index in [4.69, 9.17) is 14.6 Å². The zero-order chi connectivity index (χ0) is 21.7. The van der Waals surface area contributed by atoms with Crippen LogP contribution in [-0.2, 0) is 9.53 Å². The van der Waals surface area contributed by atoms with Gasteiger partial charge >= 0.3 is 12.1 Å². The SMILES string of the molecule is O=C(N[C@@H]1CN(C2CCC2)C[C@@H]2CCCO[C@@H]21)c1ccnnc1.O=C(O)C(F)(F)F. The molecule has 3 aliphatic rings. The second-order valence-corrected chi connectivity index (χ2v) is 7.79. The summed E-state index contributed by atoms with van der Waals surface area (Å²) in [5.41, 5.74) is 0.563. The van der Waals surface area contributed by atoms with Crippen LogP contribution >= 0.6 is 0 Å². The number of fused-ring (bicyclic) bond motifs is 1. The third kappa shape index (κ3) is 5.66. The number of halogens is 3. The van der Waals surface area contributed by atoms with Crippen LogP contribution in [0.3, 0.4) is 0 Å².